The van der Waals surface area contributed by atoms with Crippen molar-refractivity contribution in [3.05, 3.63) is 66.2 Å². The second-order valence-electron chi connectivity index (χ2n) is 4.73. The number of nitrogens with one attached hydrogen (secondary N) is 1. The largest absolute Gasteiger partial charge is 0.388 e. The molecule has 0 aliphatic heterocycles. The highest BCUT2D eigenvalue weighted by Crippen LogP contribution is 2.25. The van der Waals surface area contributed by atoms with Gasteiger partial charge in [-0.2, -0.15) is 0 Å². The lowest BCUT2D eigenvalue weighted by Crippen LogP contribution is -2.27. The molecule has 0 spiro atoms. The van der Waals surface area contributed by atoms with E-state index in [4.69, 9.17) is 0 Å². The Morgan fingerprint density at radius 3 is 2.15 bits per heavy atom. The van der Waals surface area contributed by atoms with Crippen LogP contribution in [0.15, 0.2) is 60.7 Å². The van der Waals surface area contributed by atoms with E-state index in [1.54, 1.807) is 0 Å². The van der Waals surface area contributed by atoms with Gasteiger partial charge in [0.05, 0.1) is 12.0 Å². The monoisotopic (exact) mass is 269 g/mol. The fourth-order valence-corrected chi connectivity index (χ4v) is 2.19. The van der Waals surface area contributed by atoms with Gasteiger partial charge in [-0.3, -0.25) is 4.79 Å². The number of carbonyl (C=O) groups is 1. The summed E-state index contributed by atoms with van der Waals surface area (Å²) in [6, 6.07) is 18.6. The first-order valence-electron chi connectivity index (χ1n) is 6.81. The quantitative estimate of drug-likeness (QED) is 0.874. The molecule has 0 aromatic heterocycles. The highest BCUT2D eigenvalue weighted by molar-refractivity contribution is 5.92. The van der Waals surface area contributed by atoms with Crippen LogP contribution in [0.1, 0.15) is 25.0 Å². The molecule has 0 saturated heterocycles. The minimum atomic E-state index is -0.787. The second-order valence-corrected chi connectivity index (χ2v) is 4.73. The Hall–Kier alpha value is -2.13. The van der Waals surface area contributed by atoms with E-state index < -0.39 is 12.0 Å². The lowest BCUT2D eigenvalue weighted by atomic mass is 9.92. The molecule has 0 aliphatic carbocycles. The zero-order chi connectivity index (χ0) is 14.4. The molecule has 1 amide bonds. The molecule has 3 heteroatoms. The molecule has 0 saturated carbocycles. The van der Waals surface area contributed by atoms with Crippen LogP contribution in [0.2, 0.25) is 0 Å². The molecule has 0 heterocycles. The smallest absolute Gasteiger partial charge is 0.230 e. The first kappa shape index (κ1) is 14.3. The highest BCUT2D eigenvalue weighted by Gasteiger charge is 2.26. The summed E-state index contributed by atoms with van der Waals surface area (Å²) in [5.41, 5.74) is 1.51. The van der Waals surface area contributed by atoms with Crippen molar-refractivity contribution in [2.24, 2.45) is 5.92 Å². The summed E-state index contributed by atoms with van der Waals surface area (Å²) in [4.78, 5) is 12.3. The minimum absolute atomic E-state index is 0.157. The van der Waals surface area contributed by atoms with Gasteiger partial charge >= 0.3 is 0 Å². The zero-order valence-electron chi connectivity index (χ0n) is 11.5. The van der Waals surface area contributed by atoms with Crippen molar-refractivity contribution in [1.82, 2.24) is 0 Å². The van der Waals surface area contributed by atoms with Gasteiger partial charge in [-0.15, -0.1) is 0 Å². The van der Waals surface area contributed by atoms with E-state index in [0.29, 0.717) is 6.42 Å². The number of aliphatic hydroxyl groups excluding tert-OH is 1. The Bertz CT molecular complexity index is 539. The Labute approximate surface area is 119 Å². The Balaban J connectivity index is 2.10. The molecule has 2 rings (SSSR count). The van der Waals surface area contributed by atoms with Gasteiger partial charge in [-0.1, -0.05) is 55.5 Å². The molecule has 0 radical (unpaired) electrons. The third kappa shape index (κ3) is 3.45. The van der Waals surface area contributed by atoms with E-state index in [1.807, 2.05) is 67.6 Å². The number of para-hydroxylation sites is 1. The molecule has 20 heavy (non-hydrogen) atoms. The number of amides is 1. The Kier molecular flexibility index (Phi) is 4.91. The van der Waals surface area contributed by atoms with Gasteiger partial charge in [0.1, 0.15) is 0 Å². The molecule has 0 unspecified atom stereocenters. The predicted molar refractivity (Wildman–Crippen MR) is 80.3 cm³/mol. The number of benzene rings is 2. The van der Waals surface area contributed by atoms with E-state index in [1.165, 1.54) is 0 Å². The topological polar surface area (TPSA) is 49.3 Å². The third-order valence-corrected chi connectivity index (χ3v) is 3.34. The summed E-state index contributed by atoms with van der Waals surface area (Å²) in [5, 5.41) is 13.2. The average molecular weight is 269 g/mol. The maximum atomic E-state index is 12.3. The number of hydrogen-bond donors (Lipinski definition) is 2. The van der Waals surface area contributed by atoms with Crippen LogP contribution in [0.25, 0.3) is 0 Å². The number of rotatable bonds is 5. The standard InChI is InChI=1S/C17H19NO2/c1-2-15(16(19)13-9-5-3-6-10-13)17(20)18-14-11-7-4-8-12-14/h3-12,15-16,19H,2H2,1H3,(H,18,20)/t15-,16+/m1/s1. The normalized spacial score (nSPS) is 13.5. The zero-order valence-corrected chi connectivity index (χ0v) is 11.5. The molecule has 2 aromatic carbocycles. The van der Waals surface area contributed by atoms with Gasteiger partial charge in [0.15, 0.2) is 0 Å². The van der Waals surface area contributed by atoms with E-state index in [0.717, 1.165) is 11.3 Å². The van der Waals surface area contributed by atoms with Crippen molar-refractivity contribution in [2.75, 3.05) is 5.32 Å². The maximum absolute atomic E-state index is 12.3. The van der Waals surface area contributed by atoms with Gasteiger partial charge in [0, 0.05) is 5.69 Å². The summed E-state index contributed by atoms with van der Waals surface area (Å²) < 4.78 is 0. The maximum Gasteiger partial charge on any atom is 0.230 e. The molecule has 2 N–H and O–H groups in total. The van der Waals surface area contributed by atoms with Crippen molar-refractivity contribution in [3.63, 3.8) is 0 Å². The fourth-order valence-electron chi connectivity index (χ4n) is 2.19. The molecular weight excluding hydrogens is 250 g/mol. The van der Waals surface area contributed by atoms with Gasteiger partial charge in [-0.05, 0) is 24.1 Å². The SMILES string of the molecule is CC[C@@H](C(=O)Nc1ccccc1)[C@@H](O)c1ccccc1. The van der Waals surface area contributed by atoms with E-state index >= 15 is 0 Å². The van der Waals surface area contributed by atoms with Crippen LogP contribution < -0.4 is 5.32 Å². The Morgan fingerprint density at radius 2 is 1.60 bits per heavy atom. The predicted octanol–water partition coefficient (Wildman–Crippen LogP) is 3.38. The summed E-state index contributed by atoms with van der Waals surface area (Å²) in [5.74, 6) is -0.618. The van der Waals surface area contributed by atoms with Crippen LogP contribution in [0.3, 0.4) is 0 Å². The van der Waals surface area contributed by atoms with Crippen LogP contribution in [0.5, 0.6) is 0 Å². The van der Waals surface area contributed by atoms with Crippen LogP contribution in [0.4, 0.5) is 5.69 Å². The van der Waals surface area contributed by atoms with Crippen LogP contribution in [0, 0.1) is 5.92 Å². The van der Waals surface area contributed by atoms with Gasteiger partial charge in [-0.25, -0.2) is 0 Å². The summed E-state index contributed by atoms with van der Waals surface area (Å²) in [7, 11) is 0. The number of anilines is 1. The fraction of sp³-hybridized carbons (Fsp3) is 0.235. The molecular formula is C17H19NO2. The molecule has 2 atom stereocenters. The summed E-state index contributed by atoms with van der Waals surface area (Å²) >= 11 is 0. The molecule has 0 bridgehead atoms. The molecule has 0 fully saturated rings. The van der Waals surface area contributed by atoms with Crippen LogP contribution in [-0.2, 0) is 4.79 Å². The Morgan fingerprint density at radius 1 is 1.05 bits per heavy atom. The van der Waals surface area contributed by atoms with Crippen molar-refractivity contribution < 1.29 is 9.90 Å². The van der Waals surface area contributed by atoms with Crippen molar-refractivity contribution in [1.29, 1.82) is 0 Å². The summed E-state index contributed by atoms with van der Waals surface area (Å²) in [6.07, 6.45) is -0.209. The van der Waals surface area contributed by atoms with E-state index in [9.17, 15) is 9.90 Å². The number of aliphatic hydroxyl groups is 1. The summed E-state index contributed by atoms with van der Waals surface area (Å²) in [6.45, 7) is 1.90. The number of hydrogen-bond acceptors (Lipinski definition) is 2. The first-order valence-corrected chi connectivity index (χ1v) is 6.81. The van der Waals surface area contributed by atoms with Crippen molar-refractivity contribution >= 4 is 11.6 Å². The molecule has 3 nitrogen and oxygen atoms in total. The van der Waals surface area contributed by atoms with E-state index in [-0.39, 0.29) is 5.91 Å². The molecule has 2 aromatic rings. The molecule has 0 aliphatic rings. The van der Waals surface area contributed by atoms with Crippen molar-refractivity contribution in [2.45, 2.75) is 19.4 Å². The minimum Gasteiger partial charge on any atom is -0.388 e. The van der Waals surface area contributed by atoms with Crippen LogP contribution in [-0.4, -0.2) is 11.0 Å². The van der Waals surface area contributed by atoms with Crippen LogP contribution >= 0.6 is 0 Å². The lowest BCUT2D eigenvalue weighted by molar-refractivity contribution is -0.123. The van der Waals surface area contributed by atoms with Gasteiger partial charge in [0.2, 0.25) is 5.91 Å². The van der Waals surface area contributed by atoms with Gasteiger partial charge in [0.25, 0.3) is 0 Å². The highest BCUT2D eigenvalue weighted by atomic mass is 16.3. The average Bonchev–Trinajstić information content (AvgIpc) is 2.49. The van der Waals surface area contributed by atoms with E-state index in [2.05, 4.69) is 5.32 Å². The third-order valence-electron chi connectivity index (χ3n) is 3.34. The second kappa shape index (κ2) is 6.87. The van der Waals surface area contributed by atoms with Gasteiger partial charge < -0.3 is 10.4 Å². The lowest BCUT2D eigenvalue weighted by Gasteiger charge is -2.21. The van der Waals surface area contributed by atoms with Crippen molar-refractivity contribution in [3.8, 4) is 0 Å². The number of carbonyl (C=O) groups excluding carboxylic acids is 1. The first-order chi connectivity index (χ1) is 9.72. The molecule has 104 valence electrons.